The van der Waals surface area contributed by atoms with Crippen LogP contribution in [0, 0.1) is 6.07 Å². The van der Waals surface area contributed by atoms with E-state index in [1.165, 1.54) is 24.0 Å². The highest BCUT2D eigenvalue weighted by atomic mass is 16.3. The summed E-state index contributed by atoms with van der Waals surface area (Å²) in [4.78, 5) is 0. The van der Waals surface area contributed by atoms with Gasteiger partial charge < -0.3 is 5.11 Å². The molecule has 0 saturated heterocycles. The van der Waals surface area contributed by atoms with Crippen molar-refractivity contribution in [3.05, 3.63) is 28.3 Å². The Bertz CT molecular complexity index is 442. The maximum Gasteiger partial charge on any atom is 0.123 e. The summed E-state index contributed by atoms with van der Waals surface area (Å²) >= 11 is 0. The van der Waals surface area contributed by atoms with Crippen molar-refractivity contribution in [2.75, 3.05) is 0 Å². The fraction of sp³-hybridized carbons (Fsp3) is 0.667. The molecule has 1 aromatic rings. The largest absolute Gasteiger partial charge is 0.507 e. The minimum absolute atomic E-state index is 0.0290. The summed E-state index contributed by atoms with van der Waals surface area (Å²) in [6.07, 6.45) is 4.52. The molecule has 1 nitrogen and oxygen atoms in total. The van der Waals surface area contributed by atoms with Gasteiger partial charge in [-0.15, -0.1) is 0 Å². The van der Waals surface area contributed by atoms with Gasteiger partial charge in [-0.2, -0.15) is 0 Å². The zero-order chi connectivity index (χ0) is 14.4. The smallest absolute Gasteiger partial charge is 0.123 e. The van der Waals surface area contributed by atoms with Crippen molar-refractivity contribution in [2.24, 2.45) is 0 Å². The van der Waals surface area contributed by atoms with E-state index in [1.54, 1.807) is 0 Å². The van der Waals surface area contributed by atoms with Gasteiger partial charge in [0.15, 0.2) is 0 Å². The average Bonchev–Trinajstić information content (AvgIpc) is 2.37. The Morgan fingerprint density at radius 2 is 1.16 bits per heavy atom. The van der Waals surface area contributed by atoms with Crippen molar-refractivity contribution in [1.82, 2.24) is 0 Å². The summed E-state index contributed by atoms with van der Waals surface area (Å²) in [5.41, 5.74) is 4.65. The molecule has 0 fully saturated rings. The van der Waals surface area contributed by atoms with Crippen LogP contribution in [0.15, 0.2) is 0 Å². The third-order valence-corrected chi connectivity index (χ3v) is 3.98. The Morgan fingerprint density at radius 1 is 0.789 bits per heavy atom. The van der Waals surface area contributed by atoms with Crippen molar-refractivity contribution in [3.63, 3.8) is 0 Å². The number of phenolic OH excluding ortho intramolecular Hbond substituents is 1. The average molecular weight is 259 g/mol. The summed E-state index contributed by atoms with van der Waals surface area (Å²) < 4.78 is 0. The molecule has 0 amide bonds. The van der Waals surface area contributed by atoms with E-state index in [0.29, 0.717) is 5.75 Å². The maximum absolute atomic E-state index is 10.9. The highest BCUT2D eigenvalue weighted by Crippen LogP contribution is 2.44. The molecule has 1 heteroatoms. The highest BCUT2D eigenvalue weighted by molar-refractivity contribution is 5.55. The summed E-state index contributed by atoms with van der Waals surface area (Å²) in [6, 6.07) is 3.64. The molecule has 0 unspecified atom stereocenters. The minimum Gasteiger partial charge on any atom is -0.507 e. The van der Waals surface area contributed by atoms with Crippen LogP contribution in [0.5, 0.6) is 5.75 Å². The lowest BCUT2D eigenvalue weighted by Gasteiger charge is -2.30. The van der Waals surface area contributed by atoms with Gasteiger partial charge in [-0.05, 0) is 53.7 Å². The number of fused-ring (bicyclic) bond motifs is 2. The molecule has 0 aliphatic heterocycles. The molecule has 2 rings (SSSR count). The summed E-state index contributed by atoms with van der Waals surface area (Å²) in [5, 5.41) is 10.9. The Balaban J connectivity index is 2.78. The van der Waals surface area contributed by atoms with Gasteiger partial charge in [0.05, 0.1) is 0 Å². The van der Waals surface area contributed by atoms with Gasteiger partial charge in [0.1, 0.15) is 5.75 Å². The van der Waals surface area contributed by atoms with E-state index in [-0.39, 0.29) is 10.8 Å². The van der Waals surface area contributed by atoms with Crippen LogP contribution in [0.25, 0.3) is 0 Å². The van der Waals surface area contributed by atoms with Gasteiger partial charge in [-0.3, -0.25) is 0 Å². The van der Waals surface area contributed by atoms with Gasteiger partial charge >= 0.3 is 0 Å². The lowest BCUT2D eigenvalue weighted by Crippen LogP contribution is -2.20. The molecule has 1 aliphatic rings. The fourth-order valence-corrected chi connectivity index (χ4v) is 3.31. The molecular weight excluding hydrogens is 232 g/mol. The third-order valence-electron chi connectivity index (χ3n) is 3.98. The Labute approximate surface area is 118 Å². The predicted molar refractivity (Wildman–Crippen MR) is 81.0 cm³/mol. The van der Waals surface area contributed by atoms with Crippen LogP contribution in [0.4, 0.5) is 0 Å². The van der Waals surface area contributed by atoms with Gasteiger partial charge in [0.25, 0.3) is 0 Å². The van der Waals surface area contributed by atoms with Crippen LogP contribution in [-0.4, -0.2) is 5.11 Å². The number of hydrogen-bond donors (Lipinski definition) is 1. The van der Waals surface area contributed by atoms with E-state index in [1.807, 2.05) is 0 Å². The lowest BCUT2D eigenvalue weighted by atomic mass is 9.75. The molecule has 105 valence electrons. The summed E-state index contributed by atoms with van der Waals surface area (Å²) in [5.74, 6) is 0.533. The van der Waals surface area contributed by atoms with E-state index >= 15 is 0 Å². The van der Waals surface area contributed by atoms with Crippen molar-refractivity contribution in [1.29, 1.82) is 0 Å². The van der Waals surface area contributed by atoms with Crippen molar-refractivity contribution < 1.29 is 5.11 Å². The van der Waals surface area contributed by atoms with E-state index in [2.05, 4.69) is 47.6 Å². The monoisotopic (exact) mass is 259 g/mol. The number of rotatable bonds is 0. The number of phenols is 1. The second kappa shape index (κ2) is 4.54. The first-order valence-electron chi connectivity index (χ1n) is 7.43. The molecule has 1 aliphatic carbocycles. The minimum atomic E-state index is -0.0290. The molecule has 1 N–H and O–H groups in total. The standard InChI is InChI=1S/C18H27O/c1-17(2,3)14-12-9-7-8-10-13(11-12)15(16(14)19)18(4,5)6/h19H,7-10H2,1-6H3. The van der Waals surface area contributed by atoms with Gasteiger partial charge in [-0.25, -0.2) is 0 Å². The first-order chi connectivity index (χ1) is 8.62. The molecule has 0 saturated carbocycles. The predicted octanol–water partition coefficient (Wildman–Crippen LogP) is 4.67. The molecule has 1 aromatic carbocycles. The van der Waals surface area contributed by atoms with E-state index in [9.17, 15) is 5.11 Å². The quantitative estimate of drug-likeness (QED) is 0.718. The topological polar surface area (TPSA) is 20.2 Å². The molecule has 2 bridgehead atoms. The molecule has 1 radical (unpaired) electrons. The van der Waals surface area contributed by atoms with Gasteiger partial charge in [-0.1, -0.05) is 41.5 Å². The van der Waals surface area contributed by atoms with E-state index < -0.39 is 0 Å². The second-order valence-electron chi connectivity index (χ2n) is 7.89. The van der Waals surface area contributed by atoms with Crippen LogP contribution in [0.3, 0.4) is 0 Å². The fourth-order valence-electron chi connectivity index (χ4n) is 3.31. The molecule has 0 spiro atoms. The number of aryl methyl sites for hydroxylation is 2. The molecular formula is C18H27O. The lowest BCUT2D eigenvalue weighted by molar-refractivity contribution is 0.419. The number of aromatic hydroxyl groups is 1. The van der Waals surface area contributed by atoms with Gasteiger partial charge in [0.2, 0.25) is 0 Å². The van der Waals surface area contributed by atoms with Crippen LogP contribution >= 0.6 is 0 Å². The maximum atomic E-state index is 10.9. The highest BCUT2D eigenvalue weighted by Gasteiger charge is 2.31. The second-order valence-corrected chi connectivity index (χ2v) is 7.89. The zero-order valence-corrected chi connectivity index (χ0v) is 13.3. The molecule has 19 heavy (non-hydrogen) atoms. The summed E-state index contributed by atoms with van der Waals surface area (Å²) in [6.45, 7) is 13.1. The first kappa shape index (κ1) is 14.4. The number of benzene rings is 1. The SMILES string of the molecule is CC(C)(C)c1c2[c]c(c(C(C)(C)C)c1O)CCCC2. The molecule has 0 heterocycles. The first-order valence-corrected chi connectivity index (χ1v) is 7.43. The van der Waals surface area contributed by atoms with Crippen LogP contribution in [-0.2, 0) is 23.7 Å². The van der Waals surface area contributed by atoms with Crippen LogP contribution < -0.4 is 0 Å². The van der Waals surface area contributed by atoms with Gasteiger partial charge in [0, 0.05) is 11.1 Å². The van der Waals surface area contributed by atoms with Crippen molar-refractivity contribution in [2.45, 2.75) is 78.1 Å². The molecule has 0 atom stereocenters. The number of hydrogen-bond acceptors (Lipinski definition) is 1. The van der Waals surface area contributed by atoms with Crippen LogP contribution in [0.2, 0.25) is 0 Å². The summed E-state index contributed by atoms with van der Waals surface area (Å²) in [7, 11) is 0. The third kappa shape index (κ3) is 2.66. The zero-order valence-electron chi connectivity index (χ0n) is 13.3. The molecule has 0 aromatic heterocycles. The van der Waals surface area contributed by atoms with E-state index in [4.69, 9.17) is 0 Å². The normalized spacial score (nSPS) is 16.3. The van der Waals surface area contributed by atoms with Crippen molar-refractivity contribution in [3.8, 4) is 5.75 Å². The van der Waals surface area contributed by atoms with E-state index in [0.717, 1.165) is 24.0 Å². The Hall–Kier alpha value is -0.980. The Morgan fingerprint density at radius 3 is 1.47 bits per heavy atom. The van der Waals surface area contributed by atoms with Crippen molar-refractivity contribution >= 4 is 0 Å². The Kier molecular flexibility index (Phi) is 3.45. The van der Waals surface area contributed by atoms with Crippen LogP contribution in [0.1, 0.15) is 76.6 Å².